The minimum absolute atomic E-state index is 0.301. The summed E-state index contributed by atoms with van der Waals surface area (Å²) in [6.07, 6.45) is -0.901. The number of hydrogen-bond acceptors (Lipinski definition) is 5. The van der Waals surface area contributed by atoms with Crippen molar-refractivity contribution in [3.63, 3.8) is 0 Å². The van der Waals surface area contributed by atoms with Crippen LogP contribution in [0.4, 0.5) is 0 Å². The van der Waals surface area contributed by atoms with E-state index in [1.165, 1.54) is 6.92 Å². The van der Waals surface area contributed by atoms with Crippen molar-refractivity contribution in [3.8, 4) is 11.5 Å². The minimum Gasteiger partial charge on any atom is -0.487 e. The van der Waals surface area contributed by atoms with Gasteiger partial charge in [0.2, 0.25) is 0 Å². The van der Waals surface area contributed by atoms with Gasteiger partial charge in [0, 0.05) is 0 Å². The van der Waals surface area contributed by atoms with Crippen molar-refractivity contribution in [1.82, 2.24) is 9.97 Å². The van der Waals surface area contributed by atoms with E-state index in [-0.39, 0.29) is 0 Å². The molecule has 1 heterocycles. The maximum absolute atomic E-state index is 10.8. The van der Waals surface area contributed by atoms with Gasteiger partial charge in [-0.05, 0) is 50.2 Å². The summed E-state index contributed by atoms with van der Waals surface area (Å²) in [6, 6.07) is 14.5. The number of fused-ring (bicyclic) bond motifs is 1. The summed E-state index contributed by atoms with van der Waals surface area (Å²) >= 11 is 0. The molecule has 0 saturated heterocycles. The second-order valence-corrected chi connectivity index (χ2v) is 5.60. The number of carboxylic acids is 1. The summed E-state index contributed by atoms with van der Waals surface area (Å²) in [5, 5.41) is 8.85. The quantitative estimate of drug-likeness (QED) is 0.742. The number of nitrogens with zero attached hydrogens (tertiary/aromatic N) is 2. The van der Waals surface area contributed by atoms with Gasteiger partial charge in [0.1, 0.15) is 18.1 Å². The standard InChI is InChI=1S/C19H18N2O4/c1-12-18(21-17-6-4-3-5-16(17)20-12)11-24-14-7-9-15(10-8-14)25-13(2)19(22)23/h3-10,13H,11H2,1-2H3,(H,22,23). The molecule has 0 radical (unpaired) electrons. The lowest BCUT2D eigenvalue weighted by Gasteiger charge is -2.12. The highest BCUT2D eigenvalue weighted by Gasteiger charge is 2.12. The zero-order valence-electron chi connectivity index (χ0n) is 14.0. The molecule has 1 unspecified atom stereocenters. The number of aromatic nitrogens is 2. The van der Waals surface area contributed by atoms with Gasteiger partial charge in [-0.2, -0.15) is 0 Å². The van der Waals surface area contributed by atoms with Crippen molar-refractivity contribution in [2.24, 2.45) is 0 Å². The third-order valence-corrected chi connectivity index (χ3v) is 3.70. The first-order valence-electron chi connectivity index (χ1n) is 7.87. The van der Waals surface area contributed by atoms with Gasteiger partial charge in [-0.25, -0.2) is 14.8 Å². The van der Waals surface area contributed by atoms with Crippen molar-refractivity contribution < 1.29 is 19.4 Å². The number of benzene rings is 2. The molecule has 0 fully saturated rings. The number of aliphatic carboxylic acids is 1. The van der Waals surface area contributed by atoms with E-state index in [1.54, 1.807) is 24.3 Å². The maximum atomic E-state index is 10.8. The third kappa shape index (κ3) is 4.03. The van der Waals surface area contributed by atoms with E-state index in [9.17, 15) is 4.79 Å². The summed E-state index contributed by atoms with van der Waals surface area (Å²) in [7, 11) is 0. The van der Waals surface area contributed by atoms with Gasteiger partial charge in [0.05, 0.1) is 22.4 Å². The van der Waals surface area contributed by atoms with E-state index in [4.69, 9.17) is 14.6 Å². The van der Waals surface area contributed by atoms with Crippen LogP contribution >= 0.6 is 0 Å². The molecule has 6 heteroatoms. The number of para-hydroxylation sites is 2. The van der Waals surface area contributed by atoms with Gasteiger partial charge >= 0.3 is 5.97 Å². The average molecular weight is 338 g/mol. The van der Waals surface area contributed by atoms with E-state index in [2.05, 4.69) is 9.97 Å². The SMILES string of the molecule is Cc1nc2ccccc2nc1COc1ccc(OC(C)C(=O)O)cc1. The van der Waals surface area contributed by atoms with Crippen molar-refractivity contribution in [2.75, 3.05) is 0 Å². The van der Waals surface area contributed by atoms with E-state index < -0.39 is 12.1 Å². The fourth-order valence-electron chi connectivity index (χ4n) is 2.28. The molecule has 6 nitrogen and oxygen atoms in total. The molecule has 3 rings (SSSR count). The lowest BCUT2D eigenvalue weighted by Crippen LogP contribution is -2.22. The number of carbonyl (C=O) groups is 1. The predicted octanol–water partition coefficient (Wildman–Crippen LogP) is 3.37. The van der Waals surface area contributed by atoms with Crippen LogP contribution < -0.4 is 9.47 Å². The Morgan fingerprint density at radius 3 is 2.28 bits per heavy atom. The van der Waals surface area contributed by atoms with Gasteiger partial charge in [0.15, 0.2) is 6.10 Å². The molecule has 2 aromatic carbocycles. The summed E-state index contributed by atoms with van der Waals surface area (Å²) in [6.45, 7) is 3.69. The molecule has 1 aromatic heterocycles. The van der Waals surface area contributed by atoms with Gasteiger partial charge in [-0.1, -0.05) is 12.1 Å². The summed E-state index contributed by atoms with van der Waals surface area (Å²) < 4.78 is 11.0. The highest BCUT2D eigenvalue weighted by atomic mass is 16.5. The molecule has 1 N–H and O–H groups in total. The third-order valence-electron chi connectivity index (χ3n) is 3.70. The highest BCUT2D eigenvalue weighted by molar-refractivity contribution is 5.74. The summed E-state index contributed by atoms with van der Waals surface area (Å²) in [4.78, 5) is 19.9. The van der Waals surface area contributed by atoms with Crippen LogP contribution in [-0.2, 0) is 11.4 Å². The average Bonchev–Trinajstić information content (AvgIpc) is 2.61. The van der Waals surface area contributed by atoms with Gasteiger partial charge in [0.25, 0.3) is 0 Å². The van der Waals surface area contributed by atoms with Crippen LogP contribution in [0.5, 0.6) is 11.5 Å². The first kappa shape index (κ1) is 16.7. The van der Waals surface area contributed by atoms with Gasteiger partial charge < -0.3 is 14.6 Å². The van der Waals surface area contributed by atoms with E-state index >= 15 is 0 Å². The minimum atomic E-state index is -1.01. The van der Waals surface area contributed by atoms with Crippen LogP contribution in [0.2, 0.25) is 0 Å². The van der Waals surface area contributed by atoms with E-state index in [1.807, 2.05) is 31.2 Å². The van der Waals surface area contributed by atoms with Crippen molar-refractivity contribution in [2.45, 2.75) is 26.6 Å². The second-order valence-electron chi connectivity index (χ2n) is 5.60. The predicted molar refractivity (Wildman–Crippen MR) is 92.8 cm³/mol. The van der Waals surface area contributed by atoms with Crippen LogP contribution in [0.25, 0.3) is 11.0 Å². The van der Waals surface area contributed by atoms with Crippen molar-refractivity contribution in [1.29, 1.82) is 0 Å². The molecule has 25 heavy (non-hydrogen) atoms. The van der Waals surface area contributed by atoms with Crippen LogP contribution in [0.3, 0.4) is 0 Å². The van der Waals surface area contributed by atoms with Crippen molar-refractivity contribution >= 4 is 17.0 Å². The Labute approximate surface area is 145 Å². The zero-order valence-corrected chi connectivity index (χ0v) is 14.0. The molecule has 0 amide bonds. The Morgan fingerprint density at radius 1 is 1.04 bits per heavy atom. The molecule has 0 aliphatic heterocycles. The monoisotopic (exact) mass is 338 g/mol. The summed E-state index contributed by atoms with van der Waals surface area (Å²) in [5.74, 6) is 0.110. The molecule has 128 valence electrons. The topological polar surface area (TPSA) is 81.5 Å². The molecular formula is C19H18N2O4. The smallest absolute Gasteiger partial charge is 0.344 e. The Balaban J connectivity index is 1.67. The molecule has 0 saturated carbocycles. The van der Waals surface area contributed by atoms with Crippen molar-refractivity contribution in [3.05, 3.63) is 59.9 Å². The maximum Gasteiger partial charge on any atom is 0.344 e. The van der Waals surface area contributed by atoms with Gasteiger partial charge in [-0.3, -0.25) is 0 Å². The Morgan fingerprint density at radius 2 is 1.64 bits per heavy atom. The molecule has 0 aliphatic rings. The Bertz CT molecular complexity index is 894. The normalized spacial score (nSPS) is 11.9. The lowest BCUT2D eigenvalue weighted by molar-refractivity contribution is -0.144. The Kier molecular flexibility index (Phi) is 4.79. The first-order valence-corrected chi connectivity index (χ1v) is 7.87. The number of rotatable bonds is 6. The molecule has 1 atom stereocenters. The highest BCUT2D eigenvalue weighted by Crippen LogP contribution is 2.20. The molecule has 0 spiro atoms. The number of carboxylic acid groups (broad SMARTS) is 1. The Hall–Kier alpha value is -3.15. The second kappa shape index (κ2) is 7.17. The van der Waals surface area contributed by atoms with Crippen LogP contribution in [0.1, 0.15) is 18.3 Å². The zero-order chi connectivity index (χ0) is 17.8. The number of aryl methyl sites for hydroxylation is 1. The molecular weight excluding hydrogens is 320 g/mol. The largest absolute Gasteiger partial charge is 0.487 e. The van der Waals surface area contributed by atoms with Crippen LogP contribution in [-0.4, -0.2) is 27.1 Å². The fraction of sp³-hybridized carbons (Fsp3) is 0.211. The lowest BCUT2D eigenvalue weighted by atomic mass is 10.2. The van der Waals surface area contributed by atoms with E-state index in [0.717, 1.165) is 22.4 Å². The van der Waals surface area contributed by atoms with Crippen LogP contribution in [0.15, 0.2) is 48.5 Å². The first-order chi connectivity index (χ1) is 12.0. The van der Waals surface area contributed by atoms with E-state index in [0.29, 0.717) is 18.1 Å². The fourth-order valence-corrected chi connectivity index (χ4v) is 2.28. The van der Waals surface area contributed by atoms with Gasteiger partial charge in [-0.15, -0.1) is 0 Å². The number of hydrogen-bond donors (Lipinski definition) is 1. The number of ether oxygens (including phenoxy) is 2. The molecule has 3 aromatic rings. The van der Waals surface area contributed by atoms with Crippen LogP contribution in [0, 0.1) is 6.92 Å². The molecule has 0 aliphatic carbocycles. The molecule has 0 bridgehead atoms. The summed E-state index contributed by atoms with van der Waals surface area (Å²) in [5.41, 5.74) is 3.29.